The van der Waals surface area contributed by atoms with Gasteiger partial charge < -0.3 is 19.6 Å². The first-order valence-corrected chi connectivity index (χ1v) is 11.2. The molecule has 0 unspecified atom stereocenters. The van der Waals surface area contributed by atoms with Crippen LogP contribution in [0, 0.1) is 11.3 Å². The van der Waals surface area contributed by atoms with Crippen molar-refractivity contribution in [3.63, 3.8) is 0 Å². The fraction of sp³-hybridized carbons (Fsp3) is 0.333. The predicted molar refractivity (Wildman–Crippen MR) is 128 cm³/mol. The van der Waals surface area contributed by atoms with Gasteiger partial charge in [-0.3, -0.25) is 9.59 Å². The molecule has 0 N–H and O–H groups in total. The van der Waals surface area contributed by atoms with Crippen molar-refractivity contribution in [2.75, 3.05) is 55.0 Å². The molecule has 1 aromatic heterocycles. The van der Waals surface area contributed by atoms with Crippen LogP contribution >= 0.6 is 11.6 Å². The second kappa shape index (κ2) is 9.51. The monoisotopic (exact) mass is 464 g/mol. The van der Waals surface area contributed by atoms with E-state index < -0.39 is 0 Å². The summed E-state index contributed by atoms with van der Waals surface area (Å²) in [5.41, 5.74) is 1.92. The maximum Gasteiger partial charge on any atom is 0.223 e. The molecule has 1 fully saturated rings. The second-order valence-corrected chi connectivity index (χ2v) is 8.42. The molecule has 0 bridgehead atoms. The van der Waals surface area contributed by atoms with Crippen molar-refractivity contribution in [2.24, 2.45) is 0 Å². The molecule has 3 heterocycles. The molecule has 0 spiro atoms. The maximum absolute atomic E-state index is 12.9. The van der Waals surface area contributed by atoms with Crippen LogP contribution in [0.3, 0.4) is 0 Å². The Kier molecular flexibility index (Phi) is 6.52. The fourth-order valence-electron chi connectivity index (χ4n) is 4.34. The van der Waals surface area contributed by atoms with E-state index in [4.69, 9.17) is 11.6 Å². The Morgan fingerprint density at radius 3 is 2.21 bits per heavy atom. The van der Waals surface area contributed by atoms with Crippen molar-refractivity contribution in [2.45, 2.75) is 12.8 Å². The van der Waals surface area contributed by atoms with Gasteiger partial charge in [-0.1, -0.05) is 23.7 Å². The zero-order valence-electron chi connectivity index (χ0n) is 18.7. The van der Waals surface area contributed by atoms with Crippen LogP contribution in [-0.4, -0.2) is 61.8 Å². The summed E-state index contributed by atoms with van der Waals surface area (Å²) in [4.78, 5) is 37.5. The van der Waals surface area contributed by atoms with E-state index in [9.17, 15) is 14.9 Å². The van der Waals surface area contributed by atoms with E-state index in [0.717, 1.165) is 17.2 Å². The van der Waals surface area contributed by atoms with Gasteiger partial charge in [0.25, 0.3) is 0 Å². The minimum Gasteiger partial charge on any atom is -0.352 e. The number of anilines is 3. The first-order chi connectivity index (χ1) is 15.9. The zero-order valence-corrected chi connectivity index (χ0v) is 19.4. The molecule has 0 atom stereocenters. The average molecular weight is 465 g/mol. The highest BCUT2D eigenvalue weighted by atomic mass is 35.5. The first kappa shape index (κ1) is 22.6. The van der Waals surface area contributed by atoms with Crippen LogP contribution in [0.25, 0.3) is 0 Å². The summed E-state index contributed by atoms with van der Waals surface area (Å²) in [5.74, 6) is 0.842. The van der Waals surface area contributed by atoms with Gasteiger partial charge >= 0.3 is 0 Å². The molecule has 9 heteroatoms. The molecule has 33 heavy (non-hydrogen) atoms. The van der Waals surface area contributed by atoms with Crippen molar-refractivity contribution in [3.8, 4) is 6.07 Å². The lowest BCUT2D eigenvalue weighted by Crippen LogP contribution is -2.49. The van der Waals surface area contributed by atoms with Crippen molar-refractivity contribution < 1.29 is 9.59 Å². The van der Waals surface area contributed by atoms with E-state index in [-0.39, 0.29) is 30.1 Å². The predicted octanol–water partition coefficient (Wildman–Crippen LogP) is 3.05. The summed E-state index contributed by atoms with van der Waals surface area (Å²) < 4.78 is 0. The molecule has 2 aliphatic heterocycles. The van der Waals surface area contributed by atoms with Gasteiger partial charge in [-0.25, -0.2) is 4.98 Å². The Morgan fingerprint density at radius 1 is 1.00 bits per heavy atom. The number of Topliss-reactive ketones (excluding diaryl/α,β-unsaturated/α-hetero) is 1. The molecule has 170 valence electrons. The van der Waals surface area contributed by atoms with Gasteiger partial charge in [-0.15, -0.1) is 0 Å². The highest BCUT2D eigenvalue weighted by Crippen LogP contribution is 2.40. The number of aromatic nitrogens is 1. The van der Waals surface area contributed by atoms with Gasteiger partial charge in [0.05, 0.1) is 16.4 Å². The number of hydrogen-bond donors (Lipinski definition) is 0. The molecule has 1 aromatic carbocycles. The van der Waals surface area contributed by atoms with E-state index in [1.165, 1.54) is 0 Å². The van der Waals surface area contributed by atoms with Gasteiger partial charge in [-0.2, -0.15) is 5.26 Å². The third kappa shape index (κ3) is 4.37. The molecule has 8 nitrogen and oxygen atoms in total. The standard InChI is InChI=1S/C24H25ClN6O2/c1-28-19-7-3-4-8-20(19)29(2)24(28)17(16-26)21(32)9-10-22(33)30-12-14-31(15-13-30)23-18(25)6-5-11-27-23/h3-8,11H,9-10,12-15H2,1-2H3. The molecule has 2 aliphatic rings. The molecular formula is C24H25ClN6O2. The number of nitriles is 1. The number of piperazine rings is 1. The number of ketones is 1. The summed E-state index contributed by atoms with van der Waals surface area (Å²) >= 11 is 6.23. The van der Waals surface area contributed by atoms with Crippen molar-refractivity contribution >= 4 is 40.5 Å². The number of para-hydroxylation sites is 2. The molecule has 1 saturated heterocycles. The minimum atomic E-state index is -0.328. The van der Waals surface area contributed by atoms with Gasteiger partial charge in [0.15, 0.2) is 5.78 Å². The number of nitrogens with zero attached hydrogens (tertiary/aromatic N) is 6. The van der Waals surface area contributed by atoms with Crippen molar-refractivity contribution in [1.29, 1.82) is 5.26 Å². The van der Waals surface area contributed by atoms with E-state index in [0.29, 0.717) is 37.0 Å². The number of benzene rings is 1. The summed E-state index contributed by atoms with van der Waals surface area (Å²) in [5, 5.41) is 10.3. The van der Waals surface area contributed by atoms with Gasteiger partial charge in [0.2, 0.25) is 5.91 Å². The van der Waals surface area contributed by atoms with Gasteiger partial charge in [0.1, 0.15) is 23.3 Å². The summed E-state index contributed by atoms with van der Waals surface area (Å²) in [6.45, 7) is 2.31. The quantitative estimate of drug-likeness (QED) is 0.496. The van der Waals surface area contributed by atoms with Crippen molar-refractivity contribution in [3.05, 3.63) is 59.0 Å². The number of halogens is 1. The third-order valence-corrected chi connectivity index (χ3v) is 6.39. The van der Waals surface area contributed by atoms with E-state index >= 15 is 0 Å². The largest absolute Gasteiger partial charge is 0.352 e. The van der Waals surface area contributed by atoms with Crippen LogP contribution in [-0.2, 0) is 9.59 Å². The number of pyridine rings is 1. The molecule has 2 aromatic rings. The Morgan fingerprint density at radius 2 is 1.64 bits per heavy atom. The lowest BCUT2D eigenvalue weighted by molar-refractivity contribution is -0.133. The lowest BCUT2D eigenvalue weighted by Gasteiger charge is -2.35. The minimum absolute atomic E-state index is 0.00443. The SMILES string of the molecule is CN1C(=C(C#N)C(=O)CCC(=O)N2CCN(c3ncccc3Cl)CC2)N(C)c2ccccc21. The number of fused-ring (bicyclic) bond motifs is 1. The third-order valence-electron chi connectivity index (χ3n) is 6.09. The molecule has 1 amide bonds. The zero-order chi connectivity index (χ0) is 23.5. The molecular weight excluding hydrogens is 440 g/mol. The molecule has 0 aliphatic carbocycles. The van der Waals surface area contributed by atoms with Gasteiger partial charge in [-0.05, 0) is 24.3 Å². The highest BCUT2D eigenvalue weighted by Gasteiger charge is 2.31. The maximum atomic E-state index is 12.9. The summed E-state index contributed by atoms with van der Waals surface area (Å²) in [6, 6.07) is 13.4. The van der Waals surface area contributed by atoms with Crippen molar-refractivity contribution in [1.82, 2.24) is 9.88 Å². The number of carbonyl (C=O) groups excluding carboxylic acids is 2. The Balaban J connectivity index is 1.37. The number of allylic oxidation sites excluding steroid dienone is 1. The Hall–Kier alpha value is -3.57. The number of carbonyl (C=O) groups is 2. The average Bonchev–Trinajstić information content (AvgIpc) is 3.09. The second-order valence-electron chi connectivity index (χ2n) is 8.02. The van der Waals surface area contributed by atoms with Crippen LogP contribution in [0.2, 0.25) is 5.02 Å². The number of amides is 1. The lowest BCUT2D eigenvalue weighted by atomic mass is 10.1. The van der Waals surface area contributed by atoms with Crippen LogP contribution in [0.5, 0.6) is 0 Å². The first-order valence-electron chi connectivity index (χ1n) is 10.8. The van der Waals surface area contributed by atoms with Gasteiger partial charge in [0, 0.05) is 59.3 Å². The molecule has 4 rings (SSSR count). The van der Waals surface area contributed by atoms with Crippen LogP contribution in [0.15, 0.2) is 54.0 Å². The normalized spacial score (nSPS) is 15.4. The van der Waals surface area contributed by atoms with E-state index in [2.05, 4.69) is 16.0 Å². The summed E-state index contributed by atoms with van der Waals surface area (Å²) in [7, 11) is 3.67. The Bertz CT molecular complexity index is 1120. The number of hydrogen-bond acceptors (Lipinski definition) is 7. The van der Waals surface area contributed by atoms with Crippen LogP contribution < -0.4 is 14.7 Å². The van der Waals surface area contributed by atoms with Crippen LogP contribution in [0.1, 0.15) is 12.8 Å². The van der Waals surface area contributed by atoms with E-state index in [1.807, 2.05) is 48.2 Å². The topological polar surface area (TPSA) is 83.8 Å². The highest BCUT2D eigenvalue weighted by molar-refractivity contribution is 6.32. The molecule has 0 radical (unpaired) electrons. The molecule has 0 saturated carbocycles. The summed E-state index contributed by atoms with van der Waals surface area (Å²) in [6.07, 6.45) is 1.76. The number of rotatable bonds is 5. The van der Waals surface area contributed by atoms with Crippen LogP contribution in [0.4, 0.5) is 17.2 Å². The fourth-order valence-corrected chi connectivity index (χ4v) is 4.58. The smallest absolute Gasteiger partial charge is 0.223 e. The van der Waals surface area contributed by atoms with E-state index in [1.54, 1.807) is 23.2 Å². The Labute approximate surface area is 198 Å².